The molecule has 0 saturated carbocycles. The van der Waals surface area contributed by atoms with Gasteiger partial charge in [0.05, 0.1) is 11.6 Å². The number of hydrogen-bond donors (Lipinski definition) is 0. The van der Waals surface area contributed by atoms with E-state index in [0.29, 0.717) is 17.0 Å². The fourth-order valence-electron chi connectivity index (χ4n) is 2.04. The fraction of sp³-hybridized carbons (Fsp3) is 0.235. The Morgan fingerprint density at radius 1 is 1.20 bits per heavy atom. The molecule has 2 aromatic rings. The largest absolute Gasteiger partial charge is 0.489 e. The SMILES string of the molecule is CC(C)c1ccccc1OCc1cc(F)ccc1C#N. The number of ether oxygens (including phenoxy) is 1. The third kappa shape index (κ3) is 3.16. The summed E-state index contributed by atoms with van der Waals surface area (Å²) < 4.78 is 19.0. The molecule has 0 amide bonds. The Bertz CT molecular complexity index is 644. The van der Waals surface area contributed by atoms with E-state index in [4.69, 9.17) is 10.00 Å². The number of rotatable bonds is 4. The van der Waals surface area contributed by atoms with Gasteiger partial charge in [-0.25, -0.2) is 4.39 Å². The predicted molar refractivity (Wildman–Crippen MR) is 76.0 cm³/mol. The lowest BCUT2D eigenvalue weighted by Crippen LogP contribution is -2.02. The van der Waals surface area contributed by atoms with Crippen molar-refractivity contribution < 1.29 is 9.13 Å². The van der Waals surface area contributed by atoms with Gasteiger partial charge >= 0.3 is 0 Å². The summed E-state index contributed by atoms with van der Waals surface area (Å²) in [7, 11) is 0. The zero-order chi connectivity index (χ0) is 14.5. The van der Waals surface area contributed by atoms with Crippen LogP contribution in [-0.4, -0.2) is 0 Å². The van der Waals surface area contributed by atoms with Crippen molar-refractivity contribution in [3.05, 3.63) is 65.0 Å². The lowest BCUT2D eigenvalue weighted by Gasteiger charge is -2.14. The molecule has 102 valence electrons. The first-order chi connectivity index (χ1) is 9.61. The molecule has 20 heavy (non-hydrogen) atoms. The van der Waals surface area contributed by atoms with Crippen LogP contribution in [0.1, 0.15) is 36.5 Å². The van der Waals surface area contributed by atoms with E-state index >= 15 is 0 Å². The maximum atomic E-state index is 13.3. The van der Waals surface area contributed by atoms with Crippen molar-refractivity contribution in [3.63, 3.8) is 0 Å². The van der Waals surface area contributed by atoms with Crippen LogP contribution in [-0.2, 0) is 6.61 Å². The summed E-state index contributed by atoms with van der Waals surface area (Å²) in [6.45, 7) is 4.36. The van der Waals surface area contributed by atoms with Gasteiger partial charge in [-0.1, -0.05) is 32.0 Å². The first-order valence-electron chi connectivity index (χ1n) is 6.52. The smallest absolute Gasteiger partial charge is 0.123 e. The number of para-hydroxylation sites is 1. The molecule has 0 aliphatic heterocycles. The number of nitriles is 1. The van der Waals surface area contributed by atoms with E-state index < -0.39 is 0 Å². The standard InChI is InChI=1S/C17H16FNO/c1-12(2)16-5-3-4-6-17(16)20-11-14-9-15(18)8-7-13(14)10-19/h3-9,12H,11H2,1-2H3. The van der Waals surface area contributed by atoms with Crippen LogP contribution in [0.25, 0.3) is 0 Å². The average molecular weight is 269 g/mol. The highest BCUT2D eigenvalue weighted by atomic mass is 19.1. The highest BCUT2D eigenvalue weighted by Crippen LogP contribution is 2.27. The number of hydrogen-bond acceptors (Lipinski definition) is 2. The first kappa shape index (κ1) is 14.1. The van der Waals surface area contributed by atoms with Crippen molar-refractivity contribution >= 4 is 0 Å². The second-order valence-electron chi connectivity index (χ2n) is 4.89. The quantitative estimate of drug-likeness (QED) is 0.824. The van der Waals surface area contributed by atoms with Gasteiger partial charge in [-0.3, -0.25) is 0 Å². The van der Waals surface area contributed by atoms with Crippen LogP contribution < -0.4 is 4.74 Å². The molecule has 2 nitrogen and oxygen atoms in total. The minimum absolute atomic E-state index is 0.185. The summed E-state index contributed by atoms with van der Waals surface area (Å²) in [5.74, 6) is 0.754. The van der Waals surface area contributed by atoms with Gasteiger partial charge in [0.2, 0.25) is 0 Å². The Labute approximate surface area is 118 Å². The lowest BCUT2D eigenvalue weighted by atomic mass is 10.0. The molecule has 0 spiro atoms. The van der Waals surface area contributed by atoms with Crippen molar-refractivity contribution in [3.8, 4) is 11.8 Å². The summed E-state index contributed by atoms with van der Waals surface area (Å²) in [6, 6.07) is 13.9. The van der Waals surface area contributed by atoms with Gasteiger partial charge in [0.15, 0.2) is 0 Å². The molecule has 0 aliphatic carbocycles. The summed E-state index contributed by atoms with van der Waals surface area (Å²) in [5, 5.41) is 9.02. The lowest BCUT2D eigenvalue weighted by molar-refractivity contribution is 0.301. The fourth-order valence-corrected chi connectivity index (χ4v) is 2.04. The van der Waals surface area contributed by atoms with Crippen molar-refractivity contribution in [2.75, 3.05) is 0 Å². The van der Waals surface area contributed by atoms with Gasteiger partial charge < -0.3 is 4.74 Å². The molecule has 2 rings (SSSR count). The first-order valence-corrected chi connectivity index (χ1v) is 6.52. The zero-order valence-corrected chi connectivity index (χ0v) is 11.6. The van der Waals surface area contributed by atoms with E-state index in [9.17, 15) is 4.39 Å². The molecule has 0 radical (unpaired) electrons. The van der Waals surface area contributed by atoms with E-state index in [-0.39, 0.29) is 12.4 Å². The third-order valence-electron chi connectivity index (χ3n) is 3.11. The summed E-state index contributed by atoms with van der Waals surface area (Å²) in [4.78, 5) is 0. The molecule has 3 heteroatoms. The molecular formula is C17H16FNO. The van der Waals surface area contributed by atoms with E-state index in [1.54, 1.807) is 0 Å². The van der Waals surface area contributed by atoms with E-state index in [1.807, 2.05) is 30.3 Å². The Kier molecular flexibility index (Phi) is 4.37. The van der Waals surface area contributed by atoms with Crippen molar-refractivity contribution in [2.45, 2.75) is 26.4 Å². The highest BCUT2D eigenvalue weighted by Gasteiger charge is 2.09. The molecule has 0 N–H and O–H groups in total. The normalized spacial score (nSPS) is 10.3. The maximum Gasteiger partial charge on any atom is 0.123 e. The summed E-state index contributed by atoms with van der Waals surface area (Å²) >= 11 is 0. The van der Waals surface area contributed by atoms with Crippen molar-refractivity contribution in [1.29, 1.82) is 5.26 Å². The molecule has 0 fully saturated rings. The molecular weight excluding hydrogens is 253 g/mol. The van der Waals surface area contributed by atoms with Gasteiger partial charge in [0.25, 0.3) is 0 Å². The van der Waals surface area contributed by atoms with Crippen LogP contribution in [0.3, 0.4) is 0 Å². The minimum atomic E-state index is -0.361. The number of benzene rings is 2. The van der Waals surface area contributed by atoms with Gasteiger partial charge in [-0.15, -0.1) is 0 Å². The molecule has 0 atom stereocenters. The molecule has 0 heterocycles. The van der Waals surface area contributed by atoms with Gasteiger partial charge in [-0.2, -0.15) is 5.26 Å². The van der Waals surface area contributed by atoms with E-state index in [2.05, 4.69) is 13.8 Å². The van der Waals surface area contributed by atoms with E-state index in [0.717, 1.165) is 11.3 Å². The van der Waals surface area contributed by atoms with Crippen LogP contribution in [0.2, 0.25) is 0 Å². The molecule has 0 aliphatic rings. The van der Waals surface area contributed by atoms with Crippen molar-refractivity contribution in [1.82, 2.24) is 0 Å². The molecule has 0 unspecified atom stereocenters. The summed E-state index contributed by atoms with van der Waals surface area (Å²) in [6.07, 6.45) is 0. The number of halogens is 1. The molecule has 0 saturated heterocycles. The molecule has 0 bridgehead atoms. The third-order valence-corrected chi connectivity index (χ3v) is 3.11. The topological polar surface area (TPSA) is 33.0 Å². The second-order valence-corrected chi connectivity index (χ2v) is 4.89. The summed E-state index contributed by atoms with van der Waals surface area (Å²) in [5.41, 5.74) is 2.10. The average Bonchev–Trinajstić information content (AvgIpc) is 2.45. The van der Waals surface area contributed by atoms with Gasteiger partial charge in [0.1, 0.15) is 18.2 Å². The van der Waals surface area contributed by atoms with Crippen LogP contribution >= 0.6 is 0 Å². The van der Waals surface area contributed by atoms with Gasteiger partial charge in [-0.05, 0) is 35.7 Å². The Balaban J connectivity index is 2.22. The minimum Gasteiger partial charge on any atom is -0.489 e. The van der Waals surface area contributed by atoms with Crippen LogP contribution in [0.5, 0.6) is 5.75 Å². The Hall–Kier alpha value is -2.34. The predicted octanol–water partition coefficient (Wildman–Crippen LogP) is 4.40. The van der Waals surface area contributed by atoms with E-state index in [1.165, 1.54) is 18.2 Å². The van der Waals surface area contributed by atoms with Crippen LogP contribution in [0.4, 0.5) is 4.39 Å². The maximum absolute atomic E-state index is 13.3. The molecule has 0 aromatic heterocycles. The Morgan fingerprint density at radius 2 is 1.95 bits per heavy atom. The zero-order valence-electron chi connectivity index (χ0n) is 11.6. The highest BCUT2D eigenvalue weighted by molar-refractivity contribution is 5.39. The molecule has 2 aromatic carbocycles. The Morgan fingerprint density at radius 3 is 2.65 bits per heavy atom. The second kappa shape index (κ2) is 6.21. The van der Waals surface area contributed by atoms with Crippen LogP contribution in [0, 0.1) is 17.1 Å². The van der Waals surface area contributed by atoms with Gasteiger partial charge in [0, 0.05) is 5.56 Å². The monoisotopic (exact) mass is 269 g/mol. The van der Waals surface area contributed by atoms with Crippen molar-refractivity contribution in [2.24, 2.45) is 0 Å². The number of nitrogens with zero attached hydrogens (tertiary/aromatic N) is 1. The van der Waals surface area contributed by atoms with Crippen LogP contribution in [0.15, 0.2) is 42.5 Å².